The zero-order chi connectivity index (χ0) is 18.1. The fraction of sp³-hybridized carbons (Fsp3) is 0.733. The number of H-pyrrole nitrogens is 1. The van der Waals surface area contributed by atoms with Crippen LogP contribution in [0.5, 0.6) is 0 Å². The minimum Gasteiger partial charge on any atom is -0.394 e. The molecule has 1 unspecified atom stereocenters. The van der Waals surface area contributed by atoms with Crippen molar-refractivity contribution < 1.29 is 14.1 Å². The molecule has 1 fully saturated rings. The van der Waals surface area contributed by atoms with Crippen LogP contribution < -0.4 is 11.2 Å². The molecule has 4 atom stereocenters. The third-order valence-electron chi connectivity index (χ3n) is 4.21. The van der Waals surface area contributed by atoms with Crippen molar-refractivity contribution in [3.05, 3.63) is 32.6 Å². The van der Waals surface area contributed by atoms with Crippen LogP contribution in [0, 0.1) is 6.92 Å². The van der Waals surface area contributed by atoms with E-state index in [1.54, 1.807) is 6.92 Å². The van der Waals surface area contributed by atoms with Crippen LogP contribution in [0.4, 0.5) is 0 Å². The van der Waals surface area contributed by atoms with Gasteiger partial charge >= 0.3 is 5.69 Å². The van der Waals surface area contributed by atoms with Gasteiger partial charge in [-0.15, -0.1) is 0 Å². The lowest BCUT2D eigenvalue weighted by molar-refractivity contribution is -0.0240. The third kappa shape index (κ3) is 4.53. The van der Waals surface area contributed by atoms with Crippen LogP contribution in [0.1, 0.15) is 18.2 Å². The van der Waals surface area contributed by atoms with Gasteiger partial charge in [-0.25, -0.2) is 4.79 Å². The molecule has 0 bridgehead atoms. The van der Waals surface area contributed by atoms with Crippen molar-refractivity contribution in [1.82, 2.24) is 9.55 Å². The van der Waals surface area contributed by atoms with E-state index in [9.17, 15) is 18.9 Å². The Balaban J connectivity index is 2.17. The van der Waals surface area contributed by atoms with E-state index in [1.807, 2.05) is 0 Å². The Morgan fingerprint density at radius 2 is 2.08 bits per heavy atom. The van der Waals surface area contributed by atoms with Crippen LogP contribution in [0.15, 0.2) is 15.8 Å². The first-order valence-corrected chi connectivity index (χ1v) is 13.2. The number of aryl methyl sites for hydroxylation is 1. The van der Waals surface area contributed by atoms with Crippen LogP contribution in [0.3, 0.4) is 0 Å². The highest BCUT2D eigenvalue weighted by molar-refractivity contribution is 7.85. The number of nitrogens with zero attached hydrogens (tertiary/aromatic N) is 1. The molecule has 1 aliphatic heterocycles. The second-order valence-electron chi connectivity index (χ2n) is 7.46. The summed E-state index contributed by atoms with van der Waals surface area (Å²) in [5.74, 6) is 0.590. The second kappa shape index (κ2) is 7.47. The number of rotatable bonds is 6. The van der Waals surface area contributed by atoms with E-state index in [0.29, 0.717) is 17.7 Å². The Labute approximate surface area is 144 Å². The summed E-state index contributed by atoms with van der Waals surface area (Å²) in [5, 5.41) is 9.24. The number of hydrogen-bond donors (Lipinski definition) is 2. The topological polar surface area (TPSA) is 101 Å². The molecule has 2 N–H and O–H groups in total. The quantitative estimate of drug-likeness (QED) is 0.709. The first-order valence-electron chi connectivity index (χ1n) is 8.08. The molecular weight excluding hydrogens is 348 g/mol. The Morgan fingerprint density at radius 1 is 1.42 bits per heavy atom. The number of hydrogen-bond acceptors (Lipinski definition) is 5. The van der Waals surface area contributed by atoms with E-state index in [0.717, 1.165) is 6.04 Å². The summed E-state index contributed by atoms with van der Waals surface area (Å²) in [6.45, 7) is 8.05. The van der Waals surface area contributed by atoms with Crippen molar-refractivity contribution in [3.8, 4) is 0 Å². The third-order valence-corrected chi connectivity index (χ3v) is 8.10. The number of ether oxygens (including phenoxy) is 1. The predicted octanol–water partition coefficient (Wildman–Crippen LogP) is 0.580. The van der Waals surface area contributed by atoms with Crippen molar-refractivity contribution in [2.75, 3.05) is 12.4 Å². The van der Waals surface area contributed by atoms with Crippen molar-refractivity contribution >= 4 is 18.9 Å². The second-order valence-corrected chi connectivity index (χ2v) is 14.9. The molecule has 0 aliphatic carbocycles. The number of aliphatic hydroxyl groups excluding tert-OH is 1. The molecule has 0 radical (unpaired) electrons. The van der Waals surface area contributed by atoms with E-state index in [4.69, 9.17) is 4.74 Å². The Morgan fingerprint density at radius 3 is 2.67 bits per heavy atom. The molecule has 1 aromatic heterocycles. The zero-order valence-corrected chi connectivity index (χ0v) is 16.4. The van der Waals surface area contributed by atoms with Crippen molar-refractivity contribution in [3.63, 3.8) is 0 Å². The van der Waals surface area contributed by atoms with Gasteiger partial charge in [-0.1, -0.05) is 19.6 Å². The largest absolute Gasteiger partial charge is 0.394 e. The molecule has 9 heteroatoms. The van der Waals surface area contributed by atoms with Crippen molar-refractivity contribution in [1.29, 1.82) is 0 Å². The average Bonchev–Trinajstić information content (AvgIpc) is 2.91. The molecule has 0 amide bonds. The van der Waals surface area contributed by atoms with Crippen LogP contribution >= 0.6 is 0 Å². The first-order chi connectivity index (χ1) is 11.1. The highest BCUT2D eigenvalue weighted by Crippen LogP contribution is 2.31. The standard InChI is InChI=1S/C15H26N2O5SSi/c1-10-8-17(15(20)16-14(10)19)13-7-12(11(9-18)22-13)23(21)5-6-24(2,3)4/h8,11-13,18H,5-7,9H2,1-4H3,(H,16,19,20)/t11-,12-,13-,23?/m1/s1. The maximum absolute atomic E-state index is 12.6. The average molecular weight is 375 g/mol. The van der Waals surface area contributed by atoms with Gasteiger partial charge in [-0.2, -0.15) is 0 Å². The Kier molecular flexibility index (Phi) is 6.00. The lowest BCUT2D eigenvalue weighted by Crippen LogP contribution is -2.33. The molecule has 7 nitrogen and oxygen atoms in total. The molecule has 0 aromatic carbocycles. The molecule has 2 rings (SSSR count). The highest BCUT2D eigenvalue weighted by Gasteiger charge is 2.40. The van der Waals surface area contributed by atoms with Gasteiger partial charge in [0.1, 0.15) is 6.23 Å². The highest BCUT2D eigenvalue weighted by atomic mass is 32.2. The molecule has 0 spiro atoms. The maximum Gasteiger partial charge on any atom is 0.330 e. The molecule has 0 saturated carbocycles. The smallest absolute Gasteiger partial charge is 0.330 e. The SMILES string of the molecule is Cc1cn([C@H]2C[C@@H](S(=O)CC[Si](C)(C)C)[C@@H](CO)O2)c(=O)[nH]c1=O. The van der Waals surface area contributed by atoms with E-state index in [2.05, 4.69) is 24.6 Å². The van der Waals surface area contributed by atoms with E-state index in [-0.39, 0.29) is 11.9 Å². The van der Waals surface area contributed by atoms with Gasteiger partial charge in [0.2, 0.25) is 0 Å². The van der Waals surface area contributed by atoms with Gasteiger partial charge in [0.05, 0.1) is 18.0 Å². The fourth-order valence-electron chi connectivity index (χ4n) is 2.67. The summed E-state index contributed by atoms with van der Waals surface area (Å²) in [5.41, 5.74) is -0.578. The summed E-state index contributed by atoms with van der Waals surface area (Å²) in [6.07, 6.45) is 0.658. The summed E-state index contributed by atoms with van der Waals surface area (Å²) in [7, 11) is -2.42. The number of aromatic nitrogens is 2. The van der Waals surface area contributed by atoms with Crippen LogP contribution in [0.2, 0.25) is 25.7 Å². The minimum absolute atomic E-state index is 0.239. The van der Waals surface area contributed by atoms with Gasteiger partial charge < -0.3 is 9.84 Å². The van der Waals surface area contributed by atoms with Crippen LogP contribution in [-0.4, -0.2) is 50.7 Å². The number of nitrogens with one attached hydrogen (secondary N) is 1. The normalized spacial score (nSPS) is 25.8. The minimum atomic E-state index is -1.30. The van der Waals surface area contributed by atoms with Gasteiger partial charge in [-0.05, 0) is 13.0 Å². The predicted molar refractivity (Wildman–Crippen MR) is 96.6 cm³/mol. The summed E-state index contributed by atoms with van der Waals surface area (Å²) >= 11 is 0. The molecule has 24 heavy (non-hydrogen) atoms. The van der Waals surface area contributed by atoms with Gasteiger partial charge in [0.15, 0.2) is 0 Å². The van der Waals surface area contributed by atoms with E-state index in [1.165, 1.54) is 10.8 Å². The maximum atomic E-state index is 12.6. The lowest BCUT2D eigenvalue weighted by Gasteiger charge is -2.19. The molecule has 1 saturated heterocycles. The lowest BCUT2D eigenvalue weighted by atomic mass is 10.2. The zero-order valence-electron chi connectivity index (χ0n) is 14.6. The monoisotopic (exact) mass is 374 g/mol. The fourth-order valence-corrected chi connectivity index (χ4v) is 7.10. The van der Waals surface area contributed by atoms with Gasteiger partial charge in [-0.3, -0.25) is 18.6 Å². The molecule has 1 aliphatic rings. The van der Waals surface area contributed by atoms with Crippen molar-refractivity contribution in [2.45, 2.75) is 56.6 Å². The van der Waals surface area contributed by atoms with Crippen LogP contribution in [0.25, 0.3) is 0 Å². The van der Waals surface area contributed by atoms with E-state index < -0.39 is 42.5 Å². The molecule has 1 aromatic rings. The molecule has 136 valence electrons. The van der Waals surface area contributed by atoms with Crippen LogP contribution in [-0.2, 0) is 15.5 Å². The van der Waals surface area contributed by atoms with Gasteiger partial charge in [0, 0.05) is 42.8 Å². The number of aromatic amines is 1. The first kappa shape index (κ1) is 19.3. The van der Waals surface area contributed by atoms with E-state index >= 15 is 0 Å². The Hall–Kier alpha value is -1.03. The Bertz CT molecular complexity index is 724. The van der Waals surface area contributed by atoms with Gasteiger partial charge in [0.25, 0.3) is 5.56 Å². The molecular formula is C15H26N2O5SSi. The summed E-state index contributed by atoms with van der Waals surface area (Å²) in [4.78, 5) is 25.7. The summed E-state index contributed by atoms with van der Waals surface area (Å²) < 4.78 is 19.7. The molecule has 2 heterocycles. The number of aliphatic hydroxyl groups is 1. The summed E-state index contributed by atoms with van der Waals surface area (Å²) in [6, 6.07) is 0.941. The van der Waals surface area contributed by atoms with Crippen molar-refractivity contribution in [2.24, 2.45) is 0 Å².